The van der Waals surface area contributed by atoms with Gasteiger partial charge in [0.1, 0.15) is 6.04 Å². The lowest BCUT2D eigenvalue weighted by molar-refractivity contribution is -0.145. The van der Waals surface area contributed by atoms with E-state index < -0.39 is 12.0 Å². The summed E-state index contributed by atoms with van der Waals surface area (Å²) < 4.78 is 0. The molecule has 1 aromatic rings. The highest BCUT2D eigenvalue weighted by molar-refractivity contribution is 5.93. The Morgan fingerprint density at radius 1 is 1.45 bits per heavy atom. The van der Waals surface area contributed by atoms with E-state index in [1.165, 1.54) is 6.20 Å². The van der Waals surface area contributed by atoms with E-state index in [2.05, 4.69) is 15.6 Å². The van der Waals surface area contributed by atoms with Crippen molar-refractivity contribution in [1.82, 2.24) is 15.2 Å². The lowest BCUT2D eigenvalue weighted by Gasteiger charge is -2.32. The first-order valence-electron chi connectivity index (χ1n) is 6.54. The SMILES string of the molecule is O=C(C[C@H](C(=O)O)N1CCNCC1)Nc1cccnc1. The highest BCUT2D eigenvalue weighted by Gasteiger charge is 2.28. The number of rotatable bonds is 5. The molecule has 1 fully saturated rings. The van der Waals surface area contributed by atoms with Gasteiger partial charge in [0.15, 0.2) is 0 Å². The first-order valence-corrected chi connectivity index (χ1v) is 6.54. The molecule has 7 heteroatoms. The molecule has 0 spiro atoms. The summed E-state index contributed by atoms with van der Waals surface area (Å²) in [6.07, 6.45) is 3.07. The fourth-order valence-electron chi connectivity index (χ4n) is 2.19. The molecule has 2 rings (SSSR count). The highest BCUT2D eigenvalue weighted by Crippen LogP contribution is 2.09. The maximum atomic E-state index is 11.9. The minimum absolute atomic E-state index is 0.0653. The fourth-order valence-corrected chi connectivity index (χ4v) is 2.19. The maximum Gasteiger partial charge on any atom is 0.321 e. The first-order chi connectivity index (χ1) is 9.66. The molecule has 0 bridgehead atoms. The van der Waals surface area contributed by atoms with E-state index in [1.807, 2.05) is 4.90 Å². The predicted octanol–water partition coefficient (Wildman–Crippen LogP) is -0.231. The van der Waals surface area contributed by atoms with Crippen molar-refractivity contribution in [2.75, 3.05) is 31.5 Å². The molecule has 1 aromatic heterocycles. The van der Waals surface area contributed by atoms with Crippen molar-refractivity contribution in [1.29, 1.82) is 0 Å². The zero-order valence-corrected chi connectivity index (χ0v) is 11.1. The Morgan fingerprint density at radius 2 is 2.20 bits per heavy atom. The van der Waals surface area contributed by atoms with E-state index >= 15 is 0 Å². The molecule has 0 saturated carbocycles. The summed E-state index contributed by atoms with van der Waals surface area (Å²) in [5.74, 6) is -1.28. The summed E-state index contributed by atoms with van der Waals surface area (Å²) in [4.78, 5) is 29.0. The summed E-state index contributed by atoms with van der Waals surface area (Å²) in [6.45, 7) is 2.76. The number of carboxylic acids is 1. The van der Waals surface area contributed by atoms with Gasteiger partial charge in [-0.2, -0.15) is 0 Å². The minimum Gasteiger partial charge on any atom is -0.480 e. The number of nitrogens with one attached hydrogen (secondary N) is 2. The van der Waals surface area contributed by atoms with Gasteiger partial charge in [-0.05, 0) is 12.1 Å². The van der Waals surface area contributed by atoms with Gasteiger partial charge in [-0.15, -0.1) is 0 Å². The number of amides is 1. The number of aliphatic carboxylic acids is 1. The Hall–Kier alpha value is -1.99. The molecule has 0 aromatic carbocycles. The molecule has 2 heterocycles. The van der Waals surface area contributed by atoms with Crippen molar-refractivity contribution in [2.24, 2.45) is 0 Å². The molecule has 20 heavy (non-hydrogen) atoms. The Balaban J connectivity index is 1.93. The number of carbonyl (C=O) groups excluding carboxylic acids is 1. The van der Waals surface area contributed by atoms with Gasteiger partial charge in [0, 0.05) is 32.4 Å². The van der Waals surface area contributed by atoms with Gasteiger partial charge >= 0.3 is 5.97 Å². The van der Waals surface area contributed by atoms with Crippen LogP contribution in [0, 0.1) is 0 Å². The van der Waals surface area contributed by atoms with Gasteiger partial charge in [-0.3, -0.25) is 19.5 Å². The van der Waals surface area contributed by atoms with E-state index in [0.29, 0.717) is 18.8 Å². The molecule has 108 valence electrons. The van der Waals surface area contributed by atoms with Crippen LogP contribution in [0.15, 0.2) is 24.5 Å². The van der Waals surface area contributed by atoms with E-state index in [1.54, 1.807) is 18.3 Å². The second-order valence-corrected chi connectivity index (χ2v) is 4.63. The van der Waals surface area contributed by atoms with Gasteiger partial charge in [-0.1, -0.05) is 0 Å². The van der Waals surface area contributed by atoms with Crippen LogP contribution in [0.2, 0.25) is 0 Å². The van der Waals surface area contributed by atoms with Crippen LogP contribution in [0.5, 0.6) is 0 Å². The molecule has 0 aliphatic carbocycles. The largest absolute Gasteiger partial charge is 0.480 e. The molecule has 1 atom stereocenters. The third-order valence-electron chi connectivity index (χ3n) is 3.20. The number of aromatic nitrogens is 1. The van der Waals surface area contributed by atoms with Gasteiger partial charge in [0.2, 0.25) is 5.91 Å². The molecule has 7 nitrogen and oxygen atoms in total. The third kappa shape index (κ3) is 4.01. The maximum absolute atomic E-state index is 11.9. The van der Waals surface area contributed by atoms with Crippen molar-refractivity contribution in [3.8, 4) is 0 Å². The number of anilines is 1. The van der Waals surface area contributed by atoms with Crippen molar-refractivity contribution in [3.63, 3.8) is 0 Å². The Bertz CT molecular complexity index is 460. The van der Waals surface area contributed by atoms with Gasteiger partial charge in [0.05, 0.1) is 18.3 Å². The molecular weight excluding hydrogens is 260 g/mol. The summed E-state index contributed by atoms with van der Waals surface area (Å²) >= 11 is 0. The first kappa shape index (κ1) is 14.4. The molecule has 1 aliphatic heterocycles. The van der Waals surface area contributed by atoms with Crippen molar-refractivity contribution in [3.05, 3.63) is 24.5 Å². The van der Waals surface area contributed by atoms with Crippen LogP contribution in [-0.4, -0.2) is 59.1 Å². The monoisotopic (exact) mass is 278 g/mol. The molecule has 1 amide bonds. The molecular formula is C13H18N4O3. The van der Waals surface area contributed by atoms with Crippen molar-refractivity contribution >= 4 is 17.6 Å². The quantitative estimate of drug-likeness (QED) is 0.688. The number of hydrogen-bond acceptors (Lipinski definition) is 5. The number of hydrogen-bond donors (Lipinski definition) is 3. The number of nitrogens with zero attached hydrogens (tertiary/aromatic N) is 2. The van der Waals surface area contributed by atoms with Crippen molar-refractivity contribution in [2.45, 2.75) is 12.5 Å². The zero-order valence-electron chi connectivity index (χ0n) is 11.1. The molecule has 0 unspecified atom stereocenters. The second kappa shape index (κ2) is 6.97. The van der Waals surface area contributed by atoms with E-state index in [9.17, 15) is 14.7 Å². The smallest absolute Gasteiger partial charge is 0.321 e. The minimum atomic E-state index is -0.965. The number of piperazine rings is 1. The molecule has 0 radical (unpaired) electrons. The lowest BCUT2D eigenvalue weighted by atomic mass is 10.1. The van der Waals surface area contributed by atoms with Gasteiger partial charge in [-0.25, -0.2) is 0 Å². The summed E-state index contributed by atoms with van der Waals surface area (Å²) in [5, 5.41) is 15.1. The Kier molecular flexibility index (Phi) is 5.03. The standard InChI is InChI=1S/C13H18N4O3/c18-12(16-10-2-1-3-15-9-10)8-11(13(19)20)17-6-4-14-5-7-17/h1-3,9,11,14H,4-8H2,(H,16,18)(H,19,20)/t11-/m1/s1. The van der Waals surface area contributed by atoms with Crippen LogP contribution in [0.4, 0.5) is 5.69 Å². The van der Waals surface area contributed by atoms with E-state index in [4.69, 9.17) is 0 Å². The summed E-state index contributed by atoms with van der Waals surface area (Å²) in [5.41, 5.74) is 0.571. The van der Waals surface area contributed by atoms with E-state index in [0.717, 1.165) is 13.1 Å². The molecule has 3 N–H and O–H groups in total. The van der Waals surface area contributed by atoms with Crippen molar-refractivity contribution < 1.29 is 14.7 Å². The zero-order chi connectivity index (χ0) is 14.4. The average Bonchev–Trinajstić information content (AvgIpc) is 2.46. The van der Waals surface area contributed by atoms with E-state index in [-0.39, 0.29) is 12.3 Å². The van der Waals surface area contributed by atoms with Crippen LogP contribution in [0.3, 0.4) is 0 Å². The van der Waals surface area contributed by atoms with Gasteiger partial charge < -0.3 is 15.7 Å². The second-order valence-electron chi connectivity index (χ2n) is 4.63. The molecule has 1 aliphatic rings. The predicted molar refractivity (Wildman–Crippen MR) is 73.4 cm³/mol. The number of carbonyl (C=O) groups is 2. The van der Waals surface area contributed by atoms with Crippen LogP contribution in [-0.2, 0) is 9.59 Å². The summed E-state index contributed by atoms with van der Waals surface area (Å²) in [7, 11) is 0. The average molecular weight is 278 g/mol. The molecule has 1 saturated heterocycles. The normalized spacial score (nSPS) is 17.4. The fraction of sp³-hybridized carbons (Fsp3) is 0.462. The van der Waals surface area contributed by atoms with Crippen LogP contribution >= 0.6 is 0 Å². The Morgan fingerprint density at radius 3 is 2.80 bits per heavy atom. The van der Waals surface area contributed by atoms with Crippen LogP contribution in [0.1, 0.15) is 6.42 Å². The topological polar surface area (TPSA) is 94.6 Å². The highest BCUT2D eigenvalue weighted by atomic mass is 16.4. The lowest BCUT2D eigenvalue weighted by Crippen LogP contribution is -2.52. The summed E-state index contributed by atoms with van der Waals surface area (Å²) in [6, 6.07) is 2.64. The van der Waals surface area contributed by atoms with Crippen LogP contribution in [0.25, 0.3) is 0 Å². The van der Waals surface area contributed by atoms with Gasteiger partial charge in [0.25, 0.3) is 0 Å². The number of carboxylic acid groups (broad SMARTS) is 1. The third-order valence-corrected chi connectivity index (χ3v) is 3.20. The number of pyridine rings is 1. The Labute approximate surface area is 117 Å². The van der Waals surface area contributed by atoms with Crippen LogP contribution < -0.4 is 10.6 Å².